The van der Waals surface area contributed by atoms with E-state index >= 15 is 0 Å². The van der Waals surface area contributed by atoms with Gasteiger partial charge in [0.05, 0.1) is 0 Å². The van der Waals surface area contributed by atoms with Crippen LogP contribution < -0.4 is 24.8 Å². The van der Waals surface area contributed by atoms with Gasteiger partial charge in [-0.15, -0.1) is 0 Å². The SMILES string of the molecule is CCC1c2ccccc2-c2cccc(C)c21.Cc1cccc2c1-c1ccccc1[CH]2[Zr+2].[Cl-].[Cl-]. The smallest absolute Gasteiger partial charge is 1.00 e. The van der Waals surface area contributed by atoms with Crippen molar-refractivity contribution in [3.63, 3.8) is 0 Å². The summed E-state index contributed by atoms with van der Waals surface area (Å²) in [6.45, 7) is 6.72. The molecule has 3 heteroatoms. The largest absolute Gasteiger partial charge is 1.00 e. The molecule has 0 spiro atoms. The van der Waals surface area contributed by atoms with Gasteiger partial charge in [-0.3, -0.25) is 0 Å². The van der Waals surface area contributed by atoms with Gasteiger partial charge in [0, 0.05) is 5.92 Å². The van der Waals surface area contributed by atoms with E-state index in [2.05, 4.69) is 106 Å². The van der Waals surface area contributed by atoms with Crippen LogP contribution in [0, 0.1) is 13.8 Å². The number of rotatable bonds is 1. The summed E-state index contributed by atoms with van der Waals surface area (Å²) in [5, 5.41) is 0. The zero-order valence-electron chi connectivity index (χ0n) is 19.2. The van der Waals surface area contributed by atoms with Crippen molar-refractivity contribution in [3.05, 3.63) is 118 Å². The zero-order valence-corrected chi connectivity index (χ0v) is 23.2. The van der Waals surface area contributed by atoms with Crippen molar-refractivity contribution in [2.75, 3.05) is 0 Å². The summed E-state index contributed by atoms with van der Waals surface area (Å²) < 4.78 is 0.642. The summed E-state index contributed by atoms with van der Waals surface area (Å²) in [7, 11) is 0. The first-order valence-electron chi connectivity index (χ1n) is 11.2. The first kappa shape index (κ1) is 26.0. The molecule has 33 heavy (non-hydrogen) atoms. The minimum Gasteiger partial charge on any atom is -1.00 e. The summed E-state index contributed by atoms with van der Waals surface area (Å²) in [5.41, 5.74) is 14.7. The van der Waals surface area contributed by atoms with Crippen molar-refractivity contribution in [1.29, 1.82) is 0 Å². The minimum absolute atomic E-state index is 0. The van der Waals surface area contributed by atoms with Crippen LogP contribution in [0.25, 0.3) is 22.3 Å². The van der Waals surface area contributed by atoms with Crippen molar-refractivity contribution < 1.29 is 49.5 Å². The Labute approximate surface area is 225 Å². The summed E-state index contributed by atoms with van der Waals surface area (Å²) in [5.74, 6) is 0.604. The van der Waals surface area contributed by atoms with Crippen molar-refractivity contribution >= 4 is 0 Å². The third kappa shape index (κ3) is 4.41. The van der Waals surface area contributed by atoms with Crippen molar-refractivity contribution in [2.24, 2.45) is 0 Å². The number of hydrogen-bond acceptors (Lipinski definition) is 0. The molecule has 165 valence electrons. The molecule has 0 N–H and O–H groups in total. The van der Waals surface area contributed by atoms with E-state index in [0.29, 0.717) is 9.54 Å². The summed E-state index contributed by atoms with van der Waals surface area (Å²) in [6, 6.07) is 31.0. The van der Waals surface area contributed by atoms with Gasteiger partial charge in [0.15, 0.2) is 0 Å². The fraction of sp³-hybridized carbons (Fsp3) is 0.200. The van der Waals surface area contributed by atoms with Crippen molar-refractivity contribution in [2.45, 2.75) is 36.7 Å². The molecule has 2 unspecified atom stereocenters. The molecule has 0 aromatic heterocycles. The Balaban J connectivity index is 0.000000175. The van der Waals surface area contributed by atoms with E-state index in [1.165, 1.54) is 56.5 Å². The third-order valence-electron chi connectivity index (χ3n) is 6.86. The van der Waals surface area contributed by atoms with Crippen LogP contribution in [0.3, 0.4) is 0 Å². The topological polar surface area (TPSA) is 0 Å². The molecule has 0 heterocycles. The normalized spacial score (nSPS) is 16.2. The molecule has 0 fully saturated rings. The Hall–Kier alpha value is -1.66. The van der Waals surface area contributed by atoms with Crippen LogP contribution in [0.2, 0.25) is 0 Å². The summed E-state index contributed by atoms with van der Waals surface area (Å²) >= 11 is 1.59. The van der Waals surface area contributed by atoms with Crippen LogP contribution in [0.15, 0.2) is 84.9 Å². The minimum atomic E-state index is 0. The molecule has 4 aromatic carbocycles. The number of benzene rings is 4. The Morgan fingerprint density at radius 1 is 0.606 bits per heavy atom. The Morgan fingerprint density at radius 3 is 1.88 bits per heavy atom. The van der Waals surface area contributed by atoms with Crippen LogP contribution >= 0.6 is 0 Å². The molecule has 0 amide bonds. The van der Waals surface area contributed by atoms with Gasteiger partial charge in [0.2, 0.25) is 0 Å². The Morgan fingerprint density at radius 2 is 1.15 bits per heavy atom. The molecule has 4 aromatic rings. The Kier molecular flexibility index (Phi) is 8.44. The third-order valence-corrected chi connectivity index (χ3v) is 8.39. The molecule has 6 rings (SSSR count). The van der Waals surface area contributed by atoms with E-state index in [1.54, 1.807) is 30.3 Å². The molecule has 2 aliphatic carbocycles. The number of aryl methyl sites for hydroxylation is 2. The monoisotopic (exact) mass is 547 g/mol. The Bertz CT molecular complexity index is 1280. The quantitative estimate of drug-likeness (QED) is 0.342. The maximum atomic E-state index is 2.28. The summed E-state index contributed by atoms with van der Waals surface area (Å²) in [6.07, 6.45) is 1.19. The van der Waals surface area contributed by atoms with E-state index in [4.69, 9.17) is 0 Å². The van der Waals surface area contributed by atoms with Crippen LogP contribution in [0.4, 0.5) is 0 Å². The molecular weight excluding hydrogens is 522 g/mol. The van der Waals surface area contributed by atoms with Gasteiger partial charge in [-0.2, -0.15) is 0 Å². The van der Waals surface area contributed by atoms with Crippen LogP contribution in [-0.4, -0.2) is 0 Å². The van der Waals surface area contributed by atoms with E-state index in [9.17, 15) is 0 Å². The second kappa shape index (κ2) is 10.7. The standard InChI is InChI=1S/C16H16.C14H11.2ClH.Zr/c1-3-12-13-8-4-5-9-14(13)15-10-6-7-11(2)16(12)15;1-10-5-4-7-12-9-11-6-2-3-8-13(11)14(10)12;;;/h4-10,12H,3H2,1-2H3;2-9H,1H3;2*1H;/q;;;;+2/p-2. The van der Waals surface area contributed by atoms with Crippen LogP contribution in [0.1, 0.15) is 56.3 Å². The molecule has 0 bridgehead atoms. The molecule has 2 aliphatic rings. The van der Waals surface area contributed by atoms with Crippen molar-refractivity contribution in [1.82, 2.24) is 0 Å². The van der Waals surface area contributed by atoms with Gasteiger partial charge in [-0.25, -0.2) is 0 Å². The maximum absolute atomic E-state index is 2.28. The van der Waals surface area contributed by atoms with Crippen LogP contribution in [-0.2, 0) is 24.7 Å². The van der Waals surface area contributed by atoms with Gasteiger partial charge in [-0.1, -0.05) is 49.4 Å². The molecule has 0 radical (unpaired) electrons. The van der Waals surface area contributed by atoms with Crippen molar-refractivity contribution in [3.8, 4) is 22.3 Å². The molecule has 0 saturated heterocycles. The molecular formula is C30H27Cl2Zr. The molecule has 0 nitrogen and oxygen atoms in total. The van der Waals surface area contributed by atoms with Gasteiger partial charge in [-0.05, 0) is 41.2 Å². The van der Waals surface area contributed by atoms with E-state index in [0.717, 1.165) is 0 Å². The number of halogens is 2. The fourth-order valence-corrected chi connectivity index (χ4v) is 6.66. The van der Waals surface area contributed by atoms with Gasteiger partial charge in [0.25, 0.3) is 0 Å². The average Bonchev–Trinajstić information content (AvgIpc) is 3.29. The maximum Gasteiger partial charge on any atom is -1.00 e. The second-order valence-corrected chi connectivity index (χ2v) is 10.1. The predicted octanol–water partition coefficient (Wildman–Crippen LogP) is 2.14. The fourth-order valence-electron chi connectivity index (χ4n) is 5.45. The molecule has 0 aliphatic heterocycles. The van der Waals surface area contributed by atoms with Gasteiger partial charge < -0.3 is 24.8 Å². The van der Waals surface area contributed by atoms with Gasteiger partial charge in [0.1, 0.15) is 0 Å². The van der Waals surface area contributed by atoms with E-state index in [-0.39, 0.29) is 24.8 Å². The number of fused-ring (bicyclic) bond motifs is 6. The second-order valence-electron chi connectivity index (χ2n) is 8.64. The zero-order chi connectivity index (χ0) is 21.5. The molecule has 2 atom stereocenters. The summed E-state index contributed by atoms with van der Waals surface area (Å²) in [4.78, 5) is 0. The van der Waals surface area contributed by atoms with E-state index < -0.39 is 0 Å². The first-order chi connectivity index (χ1) is 15.1. The van der Waals surface area contributed by atoms with E-state index in [1.807, 2.05) is 0 Å². The first-order valence-corrected chi connectivity index (χ1v) is 12.6. The predicted molar refractivity (Wildman–Crippen MR) is 127 cm³/mol. The van der Waals surface area contributed by atoms with Gasteiger partial charge >= 0.3 is 106 Å². The molecule has 0 saturated carbocycles. The number of hydrogen-bond donors (Lipinski definition) is 0. The van der Waals surface area contributed by atoms with Crippen LogP contribution in [0.5, 0.6) is 0 Å². The average molecular weight is 550 g/mol.